The summed E-state index contributed by atoms with van der Waals surface area (Å²) in [4.78, 5) is 19.7. The lowest BCUT2D eigenvalue weighted by atomic mass is 10.0. The number of nitrogens with one attached hydrogen (secondary N) is 1. The first-order valence-electron chi connectivity index (χ1n) is 10.5. The quantitative estimate of drug-likeness (QED) is 0.357. The Kier molecular flexibility index (Phi) is 5.65. The van der Waals surface area contributed by atoms with Gasteiger partial charge in [0.1, 0.15) is 5.69 Å². The minimum absolute atomic E-state index is 0.161. The van der Waals surface area contributed by atoms with Gasteiger partial charge in [-0.15, -0.1) is 0 Å². The second-order valence-electron chi connectivity index (χ2n) is 7.78. The van der Waals surface area contributed by atoms with Crippen molar-refractivity contribution >= 4 is 34.1 Å². The summed E-state index contributed by atoms with van der Waals surface area (Å²) in [5.74, 6) is -4.23. The fraction of sp³-hybridized carbons (Fsp3) is 0.174. The molecular formula is C23H18F3N5O5. The SMILES string of the molecule is COc1cc(OC)c(F)c(N2Cc3cnc4[nH]ncc4c3N(c3cccc(C(O)O)c3F)C2=O)c1F. The van der Waals surface area contributed by atoms with Crippen LogP contribution in [-0.4, -0.2) is 45.6 Å². The summed E-state index contributed by atoms with van der Waals surface area (Å²) < 4.78 is 56.2. The van der Waals surface area contributed by atoms with Crippen molar-refractivity contribution in [2.24, 2.45) is 0 Å². The van der Waals surface area contributed by atoms with E-state index in [1.807, 2.05) is 0 Å². The molecule has 0 saturated heterocycles. The molecule has 0 fully saturated rings. The number of aliphatic hydroxyl groups is 2. The second kappa shape index (κ2) is 8.70. The number of carbonyl (C=O) groups excluding carboxylic acids is 1. The standard InChI is InChI=1S/C23H18F3N5O5/c1-35-14-6-15(36-2)18(26)20(17(14)25)30-9-10-7-27-21-12(8-28-29-21)19(10)31(23(30)34)13-5-3-4-11(16(13)24)22(32)33/h3-8,22,32-33H,9H2,1-2H3,(H,27,28,29). The number of ether oxygens (including phenoxy) is 2. The van der Waals surface area contributed by atoms with Gasteiger partial charge in [0.05, 0.1) is 43.7 Å². The van der Waals surface area contributed by atoms with Crippen molar-refractivity contribution in [2.75, 3.05) is 24.0 Å². The lowest BCUT2D eigenvalue weighted by molar-refractivity contribution is -0.0448. The Hall–Kier alpha value is -4.36. The molecule has 186 valence electrons. The van der Waals surface area contributed by atoms with E-state index in [1.54, 1.807) is 0 Å². The Morgan fingerprint density at radius 3 is 2.36 bits per heavy atom. The molecule has 0 aliphatic carbocycles. The molecule has 2 aromatic carbocycles. The maximum atomic E-state index is 15.5. The van der Waals surface area contributed by atoms with E-state index in [0.717, 1.165) is 21.9 Å². The predicted molar refractivity (Wildman–Crippen MR) is 121 cm³/mol. The normalized spacial score (nSPS) is 13.5. The molecule has 5 rings (SSSR count). The van der Waals surface area contributed by atoms with Crippen molar-refractivity contribution in [3.05, 3.63) is 65.2 Å². The van der Waals surface area contributed by atoms with Gasteiger partial charge in [-0.05, 0) is 6.07 Å². The molecule has 1 aliphatic rings. The van der Waals surface area contributed by atoms with Crippen molar-refractivity contribution in [1.29, 1.82) is 0 Å². The summed E-state index contributed by atoms with van der Waals surface area (Å²) in [7, 11) is 2.33. The van der Waals surface area contributed by atoms with Crippen LogP contribution in [0.5, 0.6) is 11.5 Å². The first kappa shape index (κ1) is 23.4. The molecule has 0 spiro atoms. The molecule has 3 heterocycles. The number of aliphatic hydroxyl groups excluding tert-OH is 1. The Balaban J connectivity index is 1.80. The van der Waals surface area contributed by atoms with Crippen LogP contribution in [0.3, 0.4) is 0 Å². The largest absolute Gasteiger partial charge is 0.493 e. The van der Waals surface area contributed by atoms with Gasteiger partial charge in [-0.1, -0.05) is 12.1 Å². The molecular weight excluding hydrogens is 483 g/mol. The van der Waals surface area contributed by atoms with E-state index >= 15 is 13.2 Å². The number of urea groups is 1. The topological polar surface area (TPSA) is 124 Å². The molecule has 4 aromatic rings. The Morgan fingerprint density at radius 2 is 1.72 bits per heavy atom. The molecule has 0 atom stereocenters. The summed E-state index contributed by atoms with van der Waals surface area (Å²) >= 11 is 0. The van der Waals surface area contributed by atoms with Crippen LogP contribution in [-0.2, 0) is 6.54 Å². The minimum atomic E-state index is -2.18. The second-order valence-corrected chi connectivity index (χ2v) is 7.78. The molecule has 10 nitrogen and oxygen atoms in total. The van der Waals surface area contributed by atoms with Crippen LogP contribution in [0.2, 0.25) is 0 Å². The van der Waals surface area contributed by atoms with Crippen LogP contribution in [0, 0.1) is 17.5 Å². The van der Waals surface area contributed by atoms with E-state index in [0.29, 0.717) is 10.9 Å². The zero-order valence-corrected chi connectivity index (χ0v) is 18.8. The lowest BCUT2D eigenvalue weighted by Gasteiger charge is -2.37. The molecule has 0 unspecified atom stereocenters. The van der Waals surface area contributed by atoms with Crippen molar-refractivity contribution in [3.63, 3.8) is 0 Å². The molecule has 1 aliphatic heterocycles. The number of carbonyl (C=O) groups is 1. The first-order chi connectivity index (χ1) is 17.3. The fourth-order valence-electron chi connectivity index (χ4n) is 4.18. The van der Waals surface area contributed by atoms with E-state index in [4.69, 9.17) is 9.47 Å². The maximum Gasteiger partial charge on any atom is 0.334 e. The third kappa shape index (κ3) is 3.39. The molecule has 0 radical (unpaired) electrons. The van der Waals surface area contributed by atoms with Crippen LogP contribution >= 0.6 is 0 Å². The van der Waals surface area contributed by atoms with E-state index in [1.165, 1.54) is 38.7 Å². The van der Waals surface area contributed by atoms with Gasteiger partial charge in [-0.2, -0.15) is 5.10 Å². The number of hydrogen-bond acceptors (Lipinski definition) is 7. The van der Waals surface area contributed by atoms with Crippen molar-refractivity contribution in [1.82, 2.24) is 15.2 Å². The molecule has 0 saturated carbocycles. The Labute approximate surface area is 201 Å². The number of aromatic amines is 1. The number of hydrogen-bond donors (Lipinski definition) is 3. The smallest absolute Gasteiger partial charge is 0.334 e. The summed E-state index contributed by atoms with van der Waals surface area (Å²) in [6.07, 6.45) is 0.553. The number of benzene rings is 2. The van der Waals surface area contributed by atoms with Crippen molar-refractivity contribution in [2.45, 2.75) is 12.8 Å². The third-order valence-corrected chi connectivity index (χ3v) is 5.85. The number of methoxy groups -OCH3 is 2. The van der Waals surface area contributed by atoms with Crippen LogP contribution in [0.1, 0.15) is 17.4 Å². The number of pyridine rings is 1. The molecule has 36 heavy (non-hydrogen) atoms. The minimum Gasteiger partial charge on any atom is -0.493 e. The molecule has 2 amide bonds. The van der Waals surface area contributed by atoms with Gasteiger partial charge >= 0.3 is 6.03 Å². The van der Waals surface area contributed by atoms with Crippen LogP contribution in [0.4, 0.5) is 35.0 Å². The highest BCUT2D eigenvalue weighted by Gasteiger charge is 2.40. The number of nitrogens with zero attached hydrogens (tertiary/aromatic N) is 4. The monoisotopic (exact) mass is 501 g/mol. The third-order valence-electron chi connectivity index (χ3n) is 5.85. The highest BCUT2D eigenvalue weighted by atomic mass is 19.1. The number of amides is 2. The highest BCUT2D eigenvalue weighted by molar-refractivity contribution is 6.15. The number of aromatic nitrogens is 3. The van der Waals surface area contributed by atoms with Gasteiger partial charge in [0, 0.05) is 23.4 Å². The van der Waals surface area contributed by atoms with E-state index in [9.17, 15) is 15.0 Å². The van der Waals surface area contributed by atoms with Crippen LogP contribution in [0.15, 0.2) is 36.7 Å². The fourth-order valence-corrected chi connectivity index (χ4v) is 4.18. The summed E-state index contributed by atoms with van der Waals surface area (Å²) in [6, 6.07) is 3.62. The zero-order valence-electron chi connectivity index (χ0n) is 18.8. The molecule has 13 heteroatoms. The maximum absolute atomic E-state index is 15.5. The van der Waals surface area contributed by atoms with Crippen molar-refractivity contribution in [3.8, 4) is 11.5 Å². The number of fused-ring (bicyclic) bond motifs is 3. The van der Waals surface area contributed by atoms with Crippen LogP contribution < -0.4 is 19.3 Å². The predicted octanol–water partition coefficient (Wildman–Crippen LogP) is 3.65. The summed E-state index contributed by atoms with van der Waals surface area (Å²) in [6.45, 7) is -0.340. The van der Waals surface area contributed by atoms with E-state index < -0.39 is 41.0 Å². The highest BCUT2D eigenvalue weighted by Crippen LogP contribution is 2.45. The van der Waals surface area contributed by atoms with Crippen LogP contribution in [0.25, 0.3) is 11.0 Å². The molecule has 0 bridgehead atoms. The van der Waals surface area contributed by atoms with Crippen molar-refractivity contribution < 1.29 is 37.7 Å². The summed E-state index contributed by atoms with van der Waals surface area (Å²) in [5, 5.41) is 26.1. The average molecular weight is 501 g/mol. The first-order valence-corrected chi connectivity index (χ1v) is 10.5. The number of halogens is 3. The molecule has 3 N–H and O–H groups in total. The lowest BCUT2D eigenvalue weighted by Crippen LogP contribution is -2.46. The van der Waals surface area contributed by atoms with E-state index in [-0.39, 0.29) is 35.1 Å². The number of rotatable bonds is 5. The Bertz CT molecular complexity index is 1480. The van der Waals surface area contributed by atoms with E-state index in [2.05, 4.69) is 15.2 Å². The van der Waals surface area contributed by atoms with Gasteiger partial charge in [0.2, 0.25) is 0 Å². The van der Waals surface area contributed by atoms with Gasteiger partial charge in [-0.3, -0.25) is 14.9 Å². The zero-order chi connectivity index (χ0) is 25.7. The number of anilines is 3. The van der Waals surface area contributed by atoms with Gasteiger partial charge in [-0.25, -0.2) is 22.9 Å². The molecule has 2 aromatic heterocycles. The average Bonchev–Trinajstić information content (AvgIpc) is 3.34. The number of H-pyrrole nitrogens is 1. The van der Waals surface area contributed by atoms with Gasteiger partial charge in [0.15, 0.2) is 40.9 Å². The van der Waals surface area contributed by atoms with Gasteiger partial charge in [0.25, 0.3) is 0 Å². The summed E-state index contributed by atoms with van der Waals surface area (Å²) in [5.41, 5.74) is -0.928. The van der Waals surface area contributed by atoms with Gasteiger partial charge < -0.3 is 19.7 Å². The Morgan fingerprint density at radius 1 is 1.03 bits per heavy atom.